The van der Waals surface area contributed by atoms with E-state index in [1.807, 2.05) is 24.4 Å². The van der Waals surface area contributed by atoms with Crippen LogP contribution in [0.3, 0.4) is 0 Å². The molecule has 2 rings (SSSR count). The second kappa shape index (κ2) is 6.49. The molecule has 2 aromatic rings. The molecule has 5 nitrogen and oxygen atoms in total. The van der Waals surface area contributed by atoms with Gasteiger partial charge in [-0.05, 0) is 23.9 Å². The zero-order valence-corrected chi connectivity index (χ0v) is 12.0. The van der Waals surface area contributed by atoms with E-state index in [2.05, 4.69) is 5.32 Å². The van der Waals surface area contributed by atoms with E-state index >= 15 is 0 Å². The molecule has 106 valence electrons. The Kier molecular flexibility index (Phi) is 4.70. The summed E-state index contributed by atoms with van der Waals surface area (Å²) in [6.45, 7) is 2.62. The van der Waals surface area contributed by atoms with Gasteiger partial charge in [0.2, 0.25) is 5.91 Å². The second-order valence-corrected chi connectivity index (χ2v) is 5.41. The monoisotopic (exact) mass is 291 g/mol. The number of aryl methyl sites for hydroxylation is 1. The molecule has 0 saturated carbocycles. The van der Waals surface area contributed by atoms with Gasteiger partial charge in [-0.15, -0.1) is 11.3 Å². The molecule has 6 heteroatoms. The van der Waals surface area contributed by atoms with Crippen LogP contribution in [-0.2, 0) is 11.3 Å². The van der Waals surface area contributed by atoms with E-state index in [1.165, 1.54) is 17.4 Å². The average molecular weight is 291 g/mol. The summed E-state index contributed by atoms with van der Waals surface area (Å²) < 4.78 is 1.58. The Hall–Kier alpha value is -1.92. The zero-order chi connectivity index (χ0) is 14.5. The first-order valence-corrected chi connectivity index (χ1v) is 7.30. The van der Waals surface area contributed by atoms with Crippen molar-refractivity contribution < 1.29 is 4.79 Å². The topological polar surface area (TPSA) is 77.1 Å². The fraction of sp³-hybridized carbons (Fsp3) is 0.286. The lowest BCUT2D eigenvalue weighted by molar-refractivity contribution is -0.117. The Labute approximate surface area is 121 Å². The number of aromatic nitrogens is 1. The predicted molar refractivity (Wildman–Crippen MR) is 80.9 cm³/mol. The van der Waals surface area contributed by atoms with Crippen LogP contribution in [0.5, 0.6) is 0 Å². The quantitative estimate of drug-likeness (QED) is 0.884. The van der Waals surface area contributed by atoms with Gasteiger partial charge in [-0.3, -0.25) is 9.59 Å². The SMILES string of the molecule is CCCn1cc(NC(=O)C(N)c2cccs2)ccc1=O. The summed E-state index contributed by atoms with van der Waals surface area (Å²) in [5, 5.41) is 4.62. The molecule has 2 aromatic heterocycles. The van der Waals surface area contributed by atoms with Gasteiger partial charge < -0.3 is 15.6 Å². The molecule has 0 spiro atoms. The Bertz CT molecular complexity index is 634. The third kappa shape index (κ3) is 3.34. The van der Waals surface area contributed by atoms with Crippen molar-refractivity contribution in [2.24, 2.45) is 5.73 Å². The van der Waals surface area contributed by atoms with Gasteiger partial charge in [0, 0.05) is 23.7 Å². The van der Waals surface area contributed by atoms with Crippen molar-refractivity contribution in [1.29, 1.82) is 0 Å². The van der Waals surface area contributed by atoms with Crippen LogP contribution in [0, 0.1) is 0 Å². The minimum absolute atomic E-state index is 0.0765. The first kappa shape index (κ1) is 14.5. The zero-order valence-electron chi connectivity index (χ0n) is 11.2. The van der Waals surface area contributed by atoms with Crippen LogP contribution in [0.2, 0.25) is 0 Å². The van der Waals surface area contributed by atoms with Crippen molar-refractivity contribution in [2.45, 2.75) is 25.9 Å². The number of hydrogen-bond acceptors (Lipinski definition) is 4. The maximum absolute atomic E-state index is 12.0. The van der Waals surface area contributed by atoms with E-state index < -0.39 is 6.04 Å². The molecular formula is C14H17N3O2S. The van der Waals surface area contributed by atoms with Crippen molar-refractivity contribution >= 4 is 22.9 Å². The maximum Gasteiger partial charge on any atom is 0.250 e. The van der Waals surface area contributed by atoms with Crippen molar-refractivity contribution in [1.82, 2.24) is 4.57 Å². The third-order valence-electron chi connectivity index (χ3n) is 2.85. The molecule has 1 atom stereocenters. The highest BCUT2D eigenvalue weighted by Crippen LogP contribution is 2.18. The van der Waals surface area contributed by atoms with Crippen LogP contribution < -0.4 is 16.6 Å². The fourth-order valence-corrected chi connectivity index (χ4v) is 2.56. The molecule has 0 radical (unpaired) electrons. The lowest BCUT2D eigenvalue weighted by Crippen LogP contribution is -2.28. The van der Waals surface area contributed by atoms with E-state index in [1.54, 1.807) is 16.8 Å². The van der Waals surface area contributed by atoms with Crippen LogP contribution in [0.1, 0.15) is 24.3 Å². The standard InChI is InChI=1S/C14H17N3O2S/c1-2-7-17-9-10(5-6-12(17)18)16-14(19)13(15)11-4-3-8-20-11/h3-6,8-9,13H,2,7,15H2,1H3,(H,16,19). The van der Waals surface area contributed by atoms with Crippen molar-refractivity contribution in [3.05, 3.63) is 51.1 Å². The van der Waals surface area contributed by atoms with Gasteiger partial charge in [0.1, 0.15) is 6.04 Å². The normalized spacial score (nSPS) is 12.1. The van der Waals surface area contributed by atoms with E-state index in [0.29, 0.717) is 12.2 Å². The summed E-state index contributed by atoms with van der Waals surface area (Å²) in [4.78, 5) is 24.5. The van der Waals surface area contributed by atoms with Gasteiger partial charge in [0.15, 0.2) is 0 Å². The number of hydrogen-bond donors (Lipinski definition) is 2. The van der Waals surface area contributed by atoms with Crippen LogP contribution in [-0.4, -0.2) is 10.5 Å². The Morgan fingerprint density at radius 3 is 2.90 bits per heavy atom. The highest BCUT2D eigenvalue weighted by atomic mass is 32.1. The molecule has 3 N–H and O–H groups in total. The summed E-state index contributed by atoms with van der Waals surface area (Å²) in [6, 6.07) is 6.03. The summed E-state index contributed by atoms with van der Waals surface area (Å²) >= 11 is 1.44. The number of nitrogens with one attached hydrogen (secondary N) is 1. The average Bonchev–Trinajstić information content (AvgIpc) is 2.96. The molecule has 1 amide bonds. The molecule has 2 heterocycles. The molecule has 0 saturated heterocycles. The lowest BCUT2D eigenvalue weighted by atomic mass is 10.2. The molecule has 0 aliphatic rings. The van der Waals surface area contributed by atoms with Gasteiger partial charge in [0.25, 0.3) is 5.56 Å². The van der Waals surface area contributed by atoms with Crippen molar-refractivity contribution in [2.75, 3.05) is 5.32 Å². The molecule has 0 aromatic carbocycles. The fourth-order valence-electron chi connectivity index (χ4n) is 1.84. The minimum Gasteiger partial charge on any atom is -0.323 e. The lowest BCUT2D eigenvalue weighted by Gasteiger charge is -2.12. The Balaban J connectivity index is 2.11. The van der Waals surface area contributed by atoms with E-state index in [0.717, 1.165) is 11.3 Å². The minimum atomic E-state index is -0.693. The highest BCUT2D eigenvalue weighted by molar-refractivity contribution is 7.10. The maximum atomic E-state index is 12.0. The van der Waals surface area contributed by atoms with Gasteiger partial charge in [-0.2, -0.15) is 0 Å². The molecule has 0 fully saturated rings. The van der Waals surface area contributed by atoms with Gasteiger partial charge in [0.05, 0.1) is 5.69 Å². The predicted octanol–water partition coefficient (Wildman–Crippen LogP) is 1.96. The molecule has 0 bridgehead atoms. The number of carbonyl (C=O) groups is 1. The van der Waals surface area contributed by atoms with Gasteiger partial charge >= 0.3 is 0 Å². The molecule has 0 aliphatic heterocycles. The summed E-state index contributed by atoms with van der Waals surface area (Å²) in [5.74, 6) is -0.283. The number of nitrogens with zero attached hydrogens (tertiary/aromatic N) is 1. The van der Waals surface area contributed by atoms with Crippen LogP contribution in [0.4, 0.5) is 5.69 Å². The van der Waals surface area contributed by atoms with Crippen molar-refractivity contribution in [3.8, 4) is 0 Å². The molecule has 1 unspecified atom stereocenters. The van der Waals surface area contributed by atoms with Crippen LogP contribution in [0.15, 0.2) is 40.6 Å². The summed E-state index contributed by atoms with van der Waals surface area (Å²) in [7, 11) is 0. The molecule has 0 aliphatic carbocycles. The second-order valence-electron chi connectivity index (χ2n) is 4.43. The number of nitrogens with two attached hydrogens (primary N) is 1. The molecule has 20 heavy (non-hydrogen) atoms. The number of anilines is 1. The number of amides is 1. The Morgan fingerprint density at radius 2 is 2.25 bits per heavy atom. The number of thiophene rings is 1. The van der Waals surface area contributed by atoms with E-state index in [9.17, 15) is 9.59 Å². The molecular weight excluding hydrogens is 274 g/mol. The number of carbonyl (C=O) groups excluding carboxylic acids is 1. The first-order valence-electron chi connectivity index (χ1n) is 6.42. The van der Waals surface area contributed by atoms with Crippen molar-refractivity contribution in [3.63, 3.8) is 0 Å². The number of rotatable bonds is 5. The summed E-state index contributed by atoms with van der Waals surface area (Å²) in [6.07, 6.45) is 2.50. The van der Waals surface area contributed by atoms with Crippen LogP contribution in [0.25, 0.3) is 0 Å². The largest absolute Gasteiger partial charge is 0.323 e. The van der Waals surface area contributed by atoms with E-state index in [4.69, 9.17) is 5.73 Å². The summed E-state index contributed by atoms with van der Waals surface area (Å²) in [5.41, 5.74) is 6.39. The first-order chi connectivity index (χ1) is 9.61. The van der Waals surface area contributed by atoms with Crippen LogP contribution >= 0.6 is 11.3 Å². The number of pyridine rings is 1. The van der Waals surface area contributed by atoms with Gasteiger partial charge in [-0.1, -0.05) is 13.0 Å². The highest BCUT2D eigenvalue weighted by Gasteiger charge is 2.16. The Morgan fingerprint density at radius 1 is 1.45 bits per heavy atom. The third-order valence-corrected chi connectivity index (χ3v) is 3.80. The smallest absolute Gasteiger partial charge is 0.250 e. The van der Waals surface area contributed by atoms with E-state index in [-0.39, 0.29) is 11.5 Å². The van der Waals surface area contributed by atoms with Gasteiger partial charge in [-0.25, -0.2) is 0 Å².